The van der Waals surface area contributed by atoms with Crippen LogP contribution in [0.2, 0.25) is 0 Å². The number of aromatic nitrogens is 1. The summed E-state index contributed by atoms with van der Waals surface area (Å²) in [6.07, 6.45) is 1.50. The molecular weight excluding hydrogens is 293 g/mol. The van der Waals surface area contributed by atoms with Gasteiger partial charge in [0.15, 0.2) is 5.82 Å². The average molecular weight is 306 g/mol. The van der Waals surface area contributed by atoms with Crippen molar-refractivity contribution in [3.63, 3.8) is 0 Å². The predicted molar refractivity (Wildman–Crippen MR) is 85.1 cm³/mol. The molecule has 0 spiro atoms. The van der Waals surface area contributed by atoms with E-state index in [1.54, 1.807) is 6.07 Å². The van der Waals surface area contributed by atoms with Gasteiger partial charge in [0.25, 0.3) is 5.69 Å². The van der Waals surface area contributed by atoms with Gasteiger partial charge in [0, 0.05) is 5.39 Å². The van der Waals surface area contributed by atoms with Crippen molar-refractivity contribution in [1.29, 1.82) is 0 Å². The molecule has 1 aliphatic rings. The zero-order valence-electron chi connectivity index (χ0n) is 12.7. The van der Waals surface area contributed by atoms with E-state index < -0.39 is 0 Å². The van der Waals surface area contributed by atoms with Gasteiger partial charge < -0.3 is 9.15 Å². The average Bonchev–Trinajstić information content (AvgIpc) is 3.05. The lowest BCUT2D eigenvalue weighted by atomic mass is 9.93. The summed E-state index contributed by atoms with van der Waals surface area (Å²) < 4.78 is 28.3. The minimum Gasteiger partial charge on any atom is -0.447 e. The molecule has 3 nitrogen and oxygen atoms in total. The lowest BCUT2D eigenvalue weighted by Gasteiger charge is -2.20. The summed E-state index contributed by atoms with van der Waals surface area (Å²) in [5.41, 5.74) is 3.29. The number of furan rings is 1. The first kappa shape index (κ1) is 12.6. The van der Waals surface area contributed by atoms with E-state index >= 15 is 0 Å². The fourth-order valence-electron chi connectivity index (χ4n) is 3.53. The Labute approximate surface area is 131 Å². The summed E-state index contributed by atoms with van der Waals surface area (Å²) in [7, 11) is 1.87. The van der Waals surface area contributed by atoms with Gasteiger partial charge in [0.1, 0.15) is 18.2 Å². The summed E-state index contributed by atoms with van der Waals surface area (Å²) in [5.74, 6) is 0.568. The van der Waals surface area contributed by atoms with E-state index in [4.69, 9.17) is 9.15 Å². The number of hydrogen-bond acceptors (Lipinski definition) is 2. The molecule has 0 N–H and O–H groups in total. The first-order valence-electron chi connectivity index (χ1n) is 7.46. The largest absolute Gasteiger partial charge is 0.447 e. The van der Waals surface area contributed by atoms with Crippen molar-refractivity contribution in [3.8, 4) is 22.8 Å². The maximum atomic E-state index is 15.0. The molecule has 2 aromatic heterocycles. The van der Waals surface area contributed by atoms with E-state index in [1.165, 1.54) is 6.26 Å². The summed E-state index contributed by atoms with van der Waals surface area (Å²) >= 11 is 0. The molecule has 0 aliphatic carbocycles. The van der Waals surface area contributed by atoms with Gasteiger partial charge in [-0.3, -0.25) is 0 Å². The van der Waals surface area contributed by atoms with Crippen LogP contribution in [0.1, 0.15) is 5.56 Å². The number of benzene rings is 2. The fraction of sp³-hybridized carbons (Fsp3) is 0.105. The Hall–Kier alpha value is -2.88. The smallest absolute Gasteiger partial charge is 0.383 e. The van der Waals surface area contributed by atoms with Crippen LogP contribution >= 0.6 is 0 Å². The van der Waals surface area contributed by atoms with E-state index in [0.717, 1.165) is 21.9 Å². The van der Waals surface area contributed by atoms with Crippen LogP contribution in [-0.2, 0) is 7.05 Å². The van der Waals surface area contributed by atoms with Crippen LogP contribution in [0.25, 0.3) is 33.1 Å². The molecule has 0 fully saturated rings. The van der Waals surface area contributed by atoms with Gasteiger partial charge in [0.2, 0.25) is 5.75 Å². The Morgan fingerprint density at radius 2 is 1.96 bits per heavy atom. The van der Waals surface area contributed by atoms with E-state index in [9.17, 15) is 4.39 Å². The first-order valence-corrected chi connectivity index (χ1v) is 7.46. The number of hydrogen-bond donors (Lipinski definition) is 0. The quantitative estimate of drug-likeness (QED) is 0.390. The summed E-state index contributed by atoms with van der Waals surface area (Å²) in [4.78, 5) is 0. The number of fused-ring (bicyclic) bond motifs is 3. The van der Waals surface area contributed by atoms with Crippen LogP contribution in [0.15, 0.2) is 47.1 Å². The number of nitrogens with zero attached hydrogens (tertiary/aromatic N) is 1. The molecular formula is C19H13FNO2+. The van der Waals surface area contributed by atoms with Crippen molar-refractivity contribution in [2.75, 3.05) is 0 Å². The highest BCUT2D eigenvalue weighted by atomic mass is 19.1. The van der Waals surface area contributed by atoms with Crippen LogP contribution in [0.5, 0.6) is 11.5 Å². The van der Waals surface area contributed by atoms with Crippen molar-refractivity contribution in [1.82, 2.24) is 0 Å². The highest BCUT2D eigenvalue weighted by molar-refractivity contribution is 6.04. The molecule has 0 bridgehead atoms. The van der Waals surface area contributed by atoms with Crippen molar-refractivity contribution in [2.24, 2.45) is 7.05 Å². The lowest BCUT2D eigenvalue weighted by Crippen LogP contribution is -2.33. The Kier molecular flexibility index (Phi) is 2.25. The molecule has 0 amide bonds. The molecule has 5 rings (SSSR count). The number of aryl methyl sites for hydroxylation is 2. The van der Waals surface area contributed by atoms with Crippen LogP contribution in [0, 0.1) is 12.7 Å². The molecule has 0 saturated heterocycles. The second-order valence-corrected chi connectivity index (χ2v) is 5.90. The molecule has 4 heteroatoms. The molecule has 0 saturated carbocycles. The van der Waals surface area contributed by atoms with Crippen molar-refractivity contribution >= 4 is 21.9 Å². The number of ether oxygens (including phenoxy) is 1. The minimum atomic E-state index is -0.382. The van der Waals surface area contributed by atoms with E-state index in [-0.39, 0.29) is 11.6 Å². The maximum absolute atomic E-state index is 15.0. The molecule has 112 valence electrons. The van der Waals surface area contributed by atoms with E-state index in [1.807, 2.05) is 36.7 Å². The van der Waals surface area contributed by atoms with Gasteiger partial charge in [-0.05, 0) is 30.0 Å². The van der Waals surface area contributed by atoms with Crippen molar-refractivity contribution in [3.05, 3.63) is 54.0 Å². The molecule has 0 unspecified atom stereocenters. The van der Waals surface area contributed by atoms with Crippen LogP contribution < -0.4 is 9.30 Å². The summed E-state index contributed by atoms with van der Waals surface area (Å²) in [6, 6.07) is 11.6. The Bertz CT molecular complexity index is 1130. The van der Waals surface area contributed by atoms with Gasteiger partial charge in [-0.15, -0.1) is 0 Å². The Morgan fingerprint density at radius 1 is 1.09 bits per heavy atom. The van der Waals surface area contributed by atoms with Crippen LogP contribution in [0.4, 0.5) is 4.39 Å². The lowest BCUT2D eigenvalue weighted by molar-refractivity contribution is -0.640. The van der Waals surface area contributed by atoms with Crippen LogP contribution in [-0.4, -0.2) is 0 Å². The SMILES string of the molecule is Cc1ccc2cccc3c2c1-c1c(c(F)c2ccoc2[n+]1C)O3. The maximum Gasteiger partial charge on any atom is 0.383 e. The van der Waals surface area contributed by atoms with Gasteiger partial charge in [-0.2, -0.15) is 4.57 Å². The van der Waals surface area contributed by atoms with Gasteiger partial charge in [-0.25, -0.2) is 4.39 Å². The normalized spacial score (nSPS) is 12.5. The van der Waals surface area contributed by atoms with E-state index in [2.05, 4.69) is 12.1 Å². The van der Waals surface area contributed by atoms with Gasteiger partial charge in [-0.1, -0.05) is 24.3 Å². The minimum absolute atomic E-state index is 0.260. The van der Waals surface area contributed by atoms with Crippen LogP contribution in [0.3, 0.4) is 0 Å². The molecule has 4 aromatic rings. The molecule has 0 radical (unpaired) electrons. The monoisotopic (exact) mass is 306 g/mol. The van der Waals surface area contributed by atoms with Gasteiger partial charge in [0.05, 0.1) is 11.8 Å². The molecule has 2 aromatic carbocycles. The third kappa shape index (κ3) is 1.45. The van der Waals surface area contributed by atoms with Crippen molar-refractivity contribution < 1.29 is 18.1 Å². The second kappa shape index (κ2) is 4.10. The topological polar surface area (TPSA) is 26.2 Å². The third-order valence-electron chi connectivity index (χ3n) is 4.60. The fourth-order valence-corrected chi connectivity index (χ4v) is 3.53. The zero-order valence-corrected chi connectivity index (χ0v) is 12.7. The highest BCUT2D eigenvalue weighted by Gasteiger charge is 2.35. The number of rotatable bonds is 0. The highest BCUT2D eigenvalue weighted by Crippen LogP contribution is 2.48. The molecule has 3 heterocycles. The molecule has 0 atom stereocenters. The van der Waals surface area contributed by atoms with E-state index in [0.29, 0.717) is 22.5 Å². The zero-order chi connectivity index (χ0) is 15.7. The second-order valence-electron chi connectivity index (χ2n) is 5.90. The Balaban J connectivity index is 2.07. The summed E-state index contributed by atoms with van der Waals surface area (Å²) in [5, 5.41) is 2.52. The molecule has 1 aliphatic heterocycles. The first-order chi connectivity index (χ1) is 11.2. The number of halogens is 1. The van der Waals surface area contributed by atoms with Crippen molar-refractivity contribution in [2.45, 2.75) is 6.92 Å². The molecule has 23 heavy (non-hydrogen) atoms. The standard InChI is InChI=1S/C19H13FNO2/c1-10-6-7-11-4-3-5-13-15(11)14(10)17-18(23-13)16(20)12-8-9-22-19(12)21(17)2/h3-9H,1-2H3/q+1. The predicted octanol–water partition coefficient (Wildman–Crippen LogP) is 4.63. The third-order valence-corrected chi connectivity index (χ3v) is 4.60. The summed E-state index contributed by atoms with van der Waals surface area (Å²) in [6.45, 7) is 2.03. The van der Waals surface area contributed by atoms with Gasteiger partial charge >= 0.3 is 5.71 Å². The number of pyridine rings is 1. The Morgan fingerprint density at radius 3 is 2.83 bits per heavy atom.